The van der Waals surface area contributed by atoms with Crippen molar-refractivity contribution in [2.45, 2.75) is 19.8 Å². The maximum atomic E-state index is 12.2. The van der Waals surface area contributed by atoms with Gasteiger partial charge < -0.3 is 15.0 Å². The minimum absolute atomic E-state index is 0.0263. The number of nitrogens with zero attached hydrogens (tertiary/aromatic N) is 1. The van der Waals surface area contributed by atoms with Crippen molar-refractivity contribution in [1.82, 2.24) is 4.90 Å². The van der Waals surface area contributed by atoms with E-state index in [4.69, 9.17) is 4.74 Å². The van der Waals surface area contributed by atoms with Crippen molar-refractivity contribution in [3.05, 3.63) is 60.2 Å². The van der Waals surface area contributed by atoms with Gasteiger partial charge in [-0.25, -0.2) is 0 Å². The van der Waals surface area contributed by atoms with Crippen LogP contribution in [0.25, 0.3) is 0 Å². The van der Waals surface area contributed by atoms with Crippen LogP contribution in [0, 0.1) is 5.92 Å². The Morgan fingerprint density at radius 2 is 1.69 bits per heavy atom. The molecule has 5 nitrogen and oxygen atoms in total. The van der Waals surface area contributed by atoms with Crippen LogP contribution in [-0.2, 0) is 4.79 Å². The molecule has 0 aliphatic carbocycles. The van der Waals surface area contributed by atoms with Crippen molar-refractivity contribution in [1.29, 1.82) is 0 Å². The molecule has 2 amide bonds. The van der Waals surface area contributed by atoms with Gasteiger partial charge in [-0.15, -0.1) is 0 Å². The topological polar surface area (TPSA) is 58.6 Å². The van der Waals surface area contributed by atoms with Crippen LogP contribution in [0.1, 0.15) is 30.1 Å². The lowest BCUT2D eigenvalue weighted by Crippen LogP contribution is -2.40. The van der Waals surface area contributed by atoms with Gasteiger partial charge in [0.2, 0.25) is 0 Å². The molecule has 5 heteroatoms. The summed E-state index contributed by atoms with van der Waals surface area (Å²) in [7, 11) is 0. The maximum absolute atomic E-state index is 12.2. The number of piperidine rings is 1. The third-order valence-electron chi connectivity index (χ3n) is 4.65. The third-order valence-corrected chi connectivity index (χ3v) is 4.65. The fraction of sp³-hybridized carbons (Fsp3) is 0.333. The molecule has 0 spiro atoms. The number of hydrogen-bond donors (Lipinski definition) is 1. The molecule has 0 unspecified atom stereocenters. The molecule has 2 aromatic rings. The number of likely N-dealkylation sites (tertiary alicyclic amines) is 1. The first-order valence-corrected chi connectivity index (χ1v) is 8.99. The SMILES string of the molecule is CC1CCN(C(=O)COc2ccc(NC(=O)c3ccccc3)cc2)CC1. The molecule has 1 fully saturated rings. The lowest BCUT2D eigenvalue weighted by Gasteiger charge is -2.30. The van der Waals surface area contributed by atoms with Crippen LogP contribution in [0.15, 0.2) is 54.6 Å². The Morgan fingerprint density at radius 1 is 1.04 bits per heavy atom. The summed E-state index contributed by atoms with van der Waals surface area (Å²) in [6.07, 6.45) is 2.11. The van der Waals surface area contributed by atoms with Gasteiger partial charge in [0.25, 0.3) is 11.8 Å². The molecule has 3 rings (SSSR count). The molecule has 1 aliphatic heterocycles. The Bertz CT molecular complexity index is 736. The largest absolute Gasteiger partial charge is 0.484 e. The number of carbonyl (C=O) groups is 2. The summed E-state index contributed by atoms with van der Waals surface area (Å²) in [6.45, 7) is 3.89. The first kappa shape index (κ1) is 18.0. The van der Waals surface area contributed by atoms with Crippen molar-refractivity contribution in [3.8, 4) is 5.75 Å². The van der Waals surface area contributed by atoms with E-state index < -0.39 is 0 Å². The molecule has 1 saturated heterocycles. The minimum Gasteiger partial charge on any atom is -0.484 e. The minimum atomic E-state index is -0.159. The zero-order valence-corrected chi connectivity index (χ0v) is 15.0. The Morgan fingerprint density at radius 3 is 2.35 bits per heavy atom. The van der Waals surface area contributed by atoms with E-state index in [9.17, 15) is 9.59 Å². The Labute approximate surface area is 154 Å². The Kier molecular flexibility index (Phi) is 5.89. The molecular formula is C21H24N2O3. The van der Waals surface area contributed by atoms with Crippen molar-refractivity contribution >= 4 is 17.5 Å². The molecule has 2 aromatic carbocycles. The summed E-state index contributed by atoms with van der Waals surface area (Å²) in [5, 5.41) is 2.84. The monoisotopic (exact) mass is 352 g/mol. The molecule has 1 N–H and O–H groups in total. The maximum Gasteiger partial charge on any atom is 0.260 e. The number of ether oxygens (including phenoxy) is 1. The Balaban J connectivity index is 1.48. The highest BCUT2D eigenvalue weighted by molar-refractivity contribution is 6.04. The van der Waals surface area contributed by atoms with Crippen LogP contribution in [0.4, 0.5) is 5.69 Å². The number of hydrogen-bond acceptors (Lipinski definition) is 3. The molecule has 0 atom stereocenters. The van der Waals surface area contributed by atoms with E-state index in [1.165, 1.54) is 0 Å². The number of benzene rings is 2. The molecule has 1 aliphatic rings. The summed E-state index contributed by atoms with van der Waals surface area (Å²) in [6, 6.07) is 16.1. The number of carbonyl (C=O) groups excluding carboxylic acids is 2. The molecule has 136 valence electrons. The van der Waals surface area contributed by atoms with Gasteiger partial charge in [0, 0.05) is 24.3 Å². The Hall–Kier alpha value is -2.82. The van der Waals surface area contributed by atoms with E-state index in [2.05, 4.69) is 12.2 Å². The van der Waals surface area contributed by atoms with Crippen LogP contribution in [0.5, 0.6) is 5.75 Å². The summed E-state index contributed by atoms with van der Waals surface area (Å²) >= 11 is 0. The molecule has 0 saturated carbocycles. The second-order valence-electron chi connectivity index (χ2n) is 6.70. The molecule has 0 aromatic heterocycles. The van der Waals surface area contributed by atoms with Gasteiger partial charge in [-0.2, -0.15) is 0 Å². The highest BCUT2D eigenvalue weighted by Crippen LogP contribution is 2.18. The van der Waals surface area contributed by atoms with Gasteiger partial charge >= 0.3 is 0 Å². The highest BCUT2D eigenvalue weighted by Gasteiger charge is 2.20. The number of amides is 2. The van der Waals surface area contributed by atoms with Gasteiger partial charge in [-0.3, -0.25) is 9.59 Å². The van der Waals surface area contributed by atoms with E-state index in [1.807, 2.05) is 23.1 Å². The van der Waals surface area contributed by atoms with Gasteiger partial charge in [-0.05, 0) is 55.2 Å². The van der Waals surface area contributed by atoms with E-state index in [-0.39, 0.29) is 18.4 Å². The van der Waals surface area contributed by atoms with Crippen LogP contribution in [0.3, 0.4) is 0 Å². The zero-order valence-electron chi connectivity index (χ0n) is 15.0. The molecule has 26 heavy (non-hydrogen) atoms. The average molecular weight is 352 g/mol. The van der Waals surface area contributed by atoms with Crippen LogP contribution in [-0.4, -0.2) is 36.4 Å². The summed E-state index contributed by atoms with van der Waals surface area (Å²) in [5.74, 6) is 1.17. The lowest BCUT2D eigenvalue weighted by molar-refractivity contribution is -0.134. The van der Waals surface area contributed by atoms with Crippen LogP contribution < -0.4 is 10.1 Å². The first-order chi connectivity index (χ1) is 12.6. The van der Waals surface area contributed by atoms with E-state index in [1.54, 1.807) is 36.4 Å². The van der Waals surface area contributed by atoms with Crippen molar-refractivity contribution < 1.29 is 14.3 Å². The second kappa shape index (κ2) is 8.52. The van der Waals surface area contributed by atoms with Gasteiger partial charge in [0.05, 0.1) is 0 Å². The second-order valence-corrected chi connectivity index (χ2v) is 6.70. The van der Waals surface area contributed by atoms with Crippen LogP contribution in [0.2, 0.25) is 0 Å². The number of nitrogens with one attached hydrogen (secondary N) is 1. The van der Waals surface area contributed by atoms with Gasteiger partial charge in [-0.1, -0.05) is 25.1 Å². The molecule has 0 bridgehead atoms. The zero-order chi connectivity index (χ0) is 18.4. The fourth-order valence-corrected chi connectivity index (χ4v) is 2.92. The predicted molar refractivity (Wildman–Crippen MR) is 101 cm³/mol. The quantitative estimate of drug-likeness (QED) is 0.895. The number of rotatable bonds is 5. The first-order valence-electron chi connectivity index (χ1n) is 8.99. The highest BCUT2D eigenvalue weighted by atomic mass is 16.5. The van der Waals surface area contributed by atoms with Crippen molar-refractivity contribution in [2.75, 3.05) is 25.0 Å². The molecular weight excluding hydrogens is 328 g/mol. The summed E-state index contributed by atoms with van der Waals surface area (Å²) in [5.41, 5.74) is 1.29. The van der Waals surface area contributed by atoms with Crippen LogP contribution >= 0.6 is 0 Å². The normalized spacial score (nSPS) is 14.7. The summed E-state index contributed by atoms with van der Waals surface area (Å²) < 4.78 is 5.59. The number of anilines is 1. The standard InChI is InChI=1S/C21H24N2O3/c1-16-11-13-23(14-12-16)20(24)15-26-19-9-7-18(8-10-19)22-21(25)17-5-3-2-4-6-17/h2-10,16H,11-15H2,1H3,(H,22,25). The fourth-order valence-electron chi connectivity index (χ4n) is 2.92. The van der Waals surface area contributed by atoms with E-state index in [0.29, 0.717) is 22.9 Å². The lowest BCUT2D eigenvalue weighted by atomic mass is 9.99. The molecule has 0 radical (unpaired) electrons. The average Bonchev–Trinajstić information content (AvgIpc) is 2.68. The van der Waals surface area contributed by atoms with Gasteiger partial charge in [0.1, 0.15) is 5.75 Å². The summed E-state index contributed by atoms with van der Waals surface area (Å²) in [4.78, 5) is 26.2. The van der Waals surface area contributed by atoms with E-state index >= 15 is 0 Å². The smallest absolute Gasteiger partial charge is 0.260 e. The molecule has 1 heterocycles. The van der Waals surface area contributed by atoms with Crippen molar-refractivity contribution in [2.24, 2.45) is 5.92 Å². The van der Waals surface area contributed by atoms with E-state index in [0.717, 1.165) is 25.9 Å². The van der Waals surface area contributed by atoms with Crippen molar-refractivity contribution in [3.63, 3.8) is 0 Å². The van der Waals surface area contributed by atoms with Gasteiger partial charge in [0.15, 0.2) is 6.61 Å². The third kappa shape index (κ3) is 4.85. The predicted octanol–water partition coefficient (Wildman–Crippen LogP) is 3.58.